The highest BCUT2D eigenvalue weighted by molar-refractivity contribution is 9.10. The number of thioether (sulfide) groups is 1. The molecule has 3 aromatic rings. The van der Waals surface area contributed by atoms with E-state index in [1.165, 1.54) is 23.9 Å². The van der Waals surface area contributed by atoms with Crippen molar-refractivity contribution in [2.24, 2.45) is 5.14 Å². The van der Waals surface area contributed by atoms with Crippen molar-refractivity contribution in [1.82, 2.24) is 9.55 Å². The van der Waals surface area contributed by atoms with Gasteiger partial charge in [0.05, 0.1) is 21.2 Å². The quantitative estimate of drug-likeness (QED) is 0.402. The van der Waals surface area contributed by atoms with Crippen LogP contribution >= 0.6 is 27.7 Å². The summed E-state index contributed by atoms with van der Waals surface area (Å²) < 4.78 is 26.2. The van der Waals surface area contributed by atoms with E-state index in [2.05, 4.69) is 27.8 Å². The molecule has 148 valence electrons. The molecular formula is C19H20BrN3O3S2. The third-order valence-corrected chi connectivity index (χ3v) is 6.77. The molecule has 1 heterocycles. The number of Topliss-reactive ketones (excluding diaryl/α,β-unsaturated/α-hetero) is 1. The van der Waals surface area contributed by atoms with Crippen LogP contribution in [0.25, 0.3) is 11.0 Å². The fraction of sp³-hybridized carbons (Fsp3) is 0.263. The van der Waals surface area contributed by atoms with Crippen LogP contribution in [0.2, 0.25) is 0 Å². The van der Waals surface area contributed by atoms with Crippen LogP contribution in [0.3, 0.4) is 0 Å². The minimum absolute atomic E-state index is 0.0119. The monoisotopic (exact) mass is 481 g/mol. The molecule has 0 amide bonds. The number of primary sulfonamides is 1. The van der Waals surface area contributed by atoms with E-state index in [-0.39, 0.29) is 15.9 Å². The van der Waals surface area contributed by atoms with Gasteiger partial charge in [0, 0.05) is 16.6 Å². The molecule has 0 bridgehead atoms. The van der Waals surface area contributed by atoms with Gasteiger partial charge < -0.3 is 4.57 Å². The molecule has 0 aliphatic rings. The number of ketones is 1. The Labute approximate surface area is 176 Å². The third kappa shape index (κ3) is 4.48. The Bertz CT molecular complexity index is 1130. The molecule has 3 rings (SSSR count). The lowest BCUT2D eigenvalue weighted by atomic mass is 10.1. The summed E-state index contributed by atoms with van der Waals surface area (Å²) in [5, 5.41) is 5.57. The number of benzene rings is 2. The Hall–Kier alpha value is -1.68. The van der Waals surface area contributed by atoms with Crippen molar-refractivity contribution in [1.29, 1.82) is 0 Å². The number of aryl methyl sites for hydroxylation is 1. The molecule has 1 atom stereocenters. The zero-order chi connectivity index (χ0) is 20.5. The van der Waals surface area contributed by atoms with Gasteiger partial charge in [-0.1, -0.05) is 46.7 Å². The van der Waals surface area contributed by atoms with Crippen LogP contribution in [0.1, 0.15) is 30.6 Å². The molecule has 1 unspecified atom stereocenters. The molecule has 1 aromatic heterocycles. The maximum absolute atomic E-state index is 12.8. The summed E-state index contributed by atoms with van der Waals surface area (Å²) in [6.07, 6.45) is 0.880. The van der Waals surface area contributed by atoms with Gasteiger partial charge in [-0.15, -0.1) is 0 Å². The van der Waals surface area contributed by atoms with Crippen molar-refractivity contribution in [2.75, 3.05) is 0 Å². The van der Waals surface area contributed by atoms with Gasteiger partial charge in [-0.3, -0.25) is 4.79 Å². The predicted molar refractivity (Wildman–Crippen MR) is 115 cm³/mol. The number of halogens is 1. The zero-order valence-electron chi connectivity index (χ0n) is 15.4. The number of imidazole rings is 1. The number of carbonyl (C=O) groups is 1. The lowest BCUT2D eigenvalue weighted by molar-refractivity contribution is 0.0994. The first kappa shape index (κ1) is 21.0. The highest BCUT2D eigenvalue weighted by Gasteiger charge is 2.21. The largest absolute Gasteiger partial charge is 0.319 e. The summed E-state index contributed by atoms with van der Waals surface area (Å²) >= 11 is 4.74. The van der Waals surface area contributed by atoms with E-state index in [4.69, 9.17) is 5.14 Å². The Kier molecular flexibility index (Phi) is 6.28. The van der Waals surface area contributed by atoms with Crippen molar-refractivity contribution in [2.45, 2.75) is 42.1 Å². The van der Waals surface area contributed by atoms with E-state index < -0.39 is 10.0 Å². The average molecular weight is 482 g/mol. The van der Waals surface area contributed by atoms with Crippen molar-refractivity contribution < 1.29 is 13.2 Å². The van der Waals surface area contributed by atoms with Crippen molar-refractivity contribution in [3.05, 3.63) is 52.5 Å². The second kappa shape index (κ2) is 8.36. The lowest BCUT2D eigenvalue weighted by Crippen LogP contribution is -2.14. The number of sulfonamides is 1. The van der Waals surface area contributed by atoms with Gasteiger partial charge >= 0.3 is 0 Å². The van der Waals surface area contributed by atoms with Gasteiger partial charge in [0.1, 0.15) is 0 Å². The third-order valence-electron chi connectivity index (χ3n) is 4.24. The Morgan fingerprint density at radius 3 is 2.54 bits per heavy atom. The maximum Gasteiger partial charge on any atom is 0.238 e. The minimum Gasteiger partial charge on any atom is -0.319 e. The number of hydrogen-bond acceptors (Lipinski definition) is 5. The summed E-state index contributed by atoms with van der Waals surface area (Å²) in [6, 6.07) is 11.9. The molecule has 0 saturated carbocycles. The molecule has 28 heavy (non-hydrogen) atoms. The normalized spacial score (nSPS) is 13.0. The van der Waals surface area contributed by atoms with Gasteiger partial charge in [-0.25, -0.2) is 18.5 Å². The Morgan fingerprint density at radius 2 is 1.93 bits per heavy atom. The molecule has 0 fully saturated rings. The van der Waals surface area contributed by atoms with Crippen LogP contribution in [0.4, 0.5) is 0 Å². The van der Waals surface area contributed by atoms with Crippen LogP contribution in [0.15, 0.2) is 57.0 Å². The fourth-order valence-corrected chi connectivity index (χ4v) is 4.68. The second-order valence-corrected chi connectivity index (χ2v) is 10.2. The number of fused-ring (bicyclic) bond motifs is 1. The molecule has 0 spiro atoms. The van der Waals surface area contributed by atoms with Crippen molar-refractivity contribution in [3.8, 4) is 0 Å². The van der Waals surface area contributed by atoms with Crippen LogP contribution < -0.4 is 5.14 Å². The molecule has 0 saturated heterocycles. The molecule has 0 aliphatic carbocycles. The van der Waals surface area contributed by atoms with Gasteiger partial charge in [-0.2, -0.15) is 0 Å². The van der Waals surface area contributed by atoms with Crippen LogP contribution in [0.5, 0.6) is 0 Å². The summed E-state index contributed by atoms with van der Waals surface area (Å²) in [4.78, 5) is 17.4. The fourth-order valence-electron chi connectivity index (χ4n) is 2.85. The molecule has 0 radical (unpaired) electrons. The minimum atomic E-state index is -3.80. The molecular weight excluding hydrogens is 462 g/mol. The molecule has 2 aromatic carbocycles. The first-order valence-corrected chi connectivity index (χ1v) is 11.9. The van der Waals surface area contributed by atoms with E-state index in [9.17, 15) is 13.2 Å². The van der Waals surface area contributed by atoms with Gasteiger partial charge in [0.25, 0.3) is 0 Å². The van der Waals surface area contributed by atoms with E-state index in [0.29, 0.717) is 22.8 Å². The molecule has 0 aliphatic heterocycles. The Morgan fingerprint density at radius 1 is 1.25 bits per heavy atom. The summed E-state index contributed by atoms with van der Waals surface area (Å²) in [6.45, 7) is 4.61. The molecule has 6 nitrogen and oxygen atoms in total. The standard InChI is InChI=1S/C19H20BrN3O3S2/c1-3-10-23-17-9-8-15(28(21,25)26)11-16(17)22-19(23)27-12(2)18(24)13-4-6-14(20)7-5-13/h4-9,11-12H,3,10H2,1-2H3,(H2,21,25,26). The molecule has 2 N–H and O–H groups in total. The zero-order valence-corrected chi connectivity index (χ0v) is 18.6. The lowest BCUT2D eigenvalue weighted by Gasteiger charge is -2.12. The predicted octanol–water partition coefficient (Wildman–Crippen LogP) is 4.22. The summed E-state index contributed by atoms with van der Waals surface area (Å²) in [7, 11) is -3.80. The average Bonchev–Trinajstić information content (AvgIpc) is 2.98. The van der Waals surface area contributed by atoms with Gasteiger partial charge in [-0.05, 0) is 43.7 Å². The van der Waals surface area contributed by atoms with E-state index in [1.54, 1.807) is 18.2 Å². The molecule has 9 heteroatoms. The topological polar surface area (TPSA) is 95.0 Å². The maximum atomic E-state index is 12.8. The van der Waals surface area contributed by atoms with E-state index in [0.717, 1.165) is 16.4 Å². The van der Waals surface area contributed by atoms with Crippen molar-refractivity contribution >= 4 is 54.5 Å². The number of nitrogens with two attached hydrogens (primary N) is 1. The second-order valence-electron chi connectivity index (χ2n) is 6.37. The first-order chi connectivity index (χ1) is 13.2. The number of rotatable bonds is 7. The highest BCUT2D eigenvalue weighted by atomic mass is 79.9. The number of aromatic nitrogens is 2. The first-order valence-electron chi connectivity index (χ1n) is 8.70. The Balaban J connectivity index is 1.95. The SMILES string of the molecule is CCCn1c(SC(C)C(=O)c2ccc(Br)cc2)nc2cc(S(N)(=O)=O)ccc21. The summed E-state index contributed by atoms with van der Waals surface area (Å²) in [5.74, 6) is 0.0119. The van der Waals surface area contributed by atoms with Crippen molar-refractivity contribution in [3.63, 3.8) is 0 Å². The smallest absolute Gasteiger partial charge is 0.238 e. The van der Waals surface area contributed by atoms with Gasteiger partial charge in [0.15, 0.2) is 10.9 Å². The number of nitrogens with zero attached hydrogens (tertiary/aromatic N) is 2. The van der Waals surface area contributed by atoms with Gasteiger partial charge in [0.2, 0.25) is 10.0 Å². The van der Waals surface area contributed by atoms with E-state index >= 15 is 0 Å². The van der Waals surface area contributed by atoms with Crippen LogP contribution in [-0.2, 0) is 16.6 Å². The van der Waals surface area contributed by atoms with Crippen LogP contribution in [-0.4, -0.2) is 29.0 Å². The van der Waals surface area contributed by atoms with E-state index in [1.807, 2.05) is 23.6 Å². The number of hydrogen-bond donors (Lipinski definition) is 1. The van der Waals surface area contributed by atoms with Crippen LogP contribution in [0, 0.1) is 0 Å². The number of carbonyl (C=O) groups excluding carboxylic acids is 1. The summed E-state index contributed by atoms with van der Waals surface area (Å²) in [5.41, 5.74) is 2.00. The highest BCUT2D eigenvalue weighted by Crippen LogP contribution is 2.30.